The van der Waals surface area contributed by atoms with Crippen LogP contribution in [0, 0.1) is 6.92 Å². The summed E-state index contributed by atoms with van der Waals surface area (Å²) in [5, 5.41) is 6.33. The molecule has 3 aromatic rings. The summed E-state index contributed by atoms with van der Waals surface area (Å²) in [7, 11) is -3.65. The second-order valence-electron chi connectivity index (χ2n) is 6.33. The fourth-order valence-corrected chi connectivity index (χ4v) is 4.04. The number of nitrogens with one attached hydrogen (secondary N) is 1. The van der Waals surface area contributed by atoms with E-state index in [0.717, 1.165) is 27.6 Å². The summed E-state index contributed by atoms with van der Waals surface area (Å²) in [4.78, 5) is 5.52. The molecule has 0 aromatic heterocycles. The minimum Gasteiger partial charge on any atom is -0.375 e. The van der Waals surface area contributed by atoms with Crippen LogP contribution in [0.3, 0.4) is 0 Å². The normalized spacial score (nSPS) is 17.1. The lowest BCUT2D eigenvalue weighted by atomic mass is 10.0. The number of aryl methyl sites for hydroxylation is 1. The van der Waals surface area contributed by atoms with E-state index < -0.39 is 16.3 Å². The zero-order chi connectivity index (χ0) is 18.1. The van der Waals surface area contributed by atoms with E-state index in [2.05, 4.69) is 9.88 Å². The van der Waals surface area contributed by atoms with Crippen LogP contribution in [0.25, 0.3) is 10.8 Å². The van der Waals surface area contributed by atoms with Crippen LogP contribution in [-0.2, 0) is 14.9 Å². The topological polar surface area (TPSA) is 67.8 Å². The third kappa shape index (κ3) is 3.34. The van der Waals surface area contributed by atoms with Gasteiger partial charge in [0.1, 0.15) is 0 Å². The van der Waals surface area contributed by atoms with E-state index in [1.165, 1.54) is 0 Å². The molecule has 0 fully saturated rings. The highest BCUT2D eigenvalue weighted by atomic mass is 32.2. The molecule has 5 nitrogen and oxygen atoms in total. The van der Waals surface area contributed by atoms with E-state index in [9.17, 15) is 8.42 Å². The molecule has 0 aliphatic carbocycles. The van der Waals surface area contributed by atoms with Crippen molar-refractivity contribution >= 4 is 26.5 Å². The van der Waals surface area contributed by atoms with Crippen LogP contribution in [-0.4, -0.2) is 20.4 Å². The predicted molar refractivity (Wildman–Crippen MR) is 101 cm³/mol. The summed E-state index contributed by atoms with van der Waals surface area (Å²) in [6.07, 6.45) is -0.327. The van der Waals surface area contributed by atoms with Crippen LogP contribution in [0.5, 0.6) is 0 Å². The van der Waals surface area contributed by atoms with Crippen molar-refractivity contribution in [1.82, 2.24) is 4.72 Å². The van der Waals surface area contributed by atoms with E-state index in [4.69, 9.17) is 4.84 Å². The zero-order valence-corrected chi connectivity index (χ0v) is 15.0. The number of nitrogens with zero attached hydrogens (tertiary/aromatic N) is 1. The van der Waals surface area contributed by atoms with E-state index in [0.29, 0.717) is 6.42 Å². The Morgan fingerprint density at radius 1 is 1.00 bits per heavy atom. The molecule has 6 heteroatoms. The van der Waals surface area contributed by atoms with Crippen LogP contribution in [0.2, 0.25) is 0 Å². The number of hydrogen-bond donors (Lipinski definition) is 1. The monoisotopic (exact) mass is 366 g/mol. The van der Waals surface area contributed by atoms with E-state index in [-0.39, 0.29) is 4.90 Å². The molecule has 26 heavy (non-hydrogen) atoms. The van der Waals surface area contributed by atoms with Crippen LogP contribution in [0.4, 0.5) is 0 Å². The zero-order valence-electron chi connectivity index (χ0n) is 14.2. The smallest absolute Gasteiger partial charge is 0.243 e. The summed E-state index contributed by atoms with van der Waals surface area (Å²) < 4.78 is 27.5. The SMILES string of the molecule is Cc1ccc(S(=O)(=O)NC2CC(c3ccc4ccccc4c3)=NO2)cc1. The largest absolute Gasteiger partial charge is 0.375 e. The first-order valence-corrected chi connectivity index (χ1v) is 9.80. The molecule has 0 spiro atoms. The van der Waals surface area contributed by atoms with Crippen LogP contribution in [0.1, 0.15) is 17.5 Å². The minimum absolute atomic E-state index is 0.214. The van der Waals surface area contributed by atoms with Crippen molar-refractivity contribution in [1.29, 1.82) is 0 Å². The van der Waals surface area contributed by atoms with Gasteiger partial charge >= 0.3 is 0 Å². The molecule has 1 N–H and O–H groups in total. The summed E-state index contributed by atoms with van der Waals surface area (Å²) in [5.74, 6) is 0. The van der Waals surface area contributed by atoms with E-state index in [1.807, 2.05) is 49.4 Å². The third-order valence-electron chi connectivity index (χ3n) is 4.37. The molecule has 1 aliphatic rings. The lowest BCUT2D eigenvalue weighted by Gasteiger charge is -2.11. The highest BCUT2D eigenvalue weighted by molar-refractivity contribution is 7.89. The van der Waals surface area contributed by atoms with Crippen LogP contribution in [0.15, 0.2) is 76.8 Å². The number of benzene rings is 3. The van der Waals surface area contributed by atoms with Gasteiger partial charge in [-0.2, -0.15) is 4.72 Å². The Labute approximate surface area is 152 Å². The number of fused-ring (bicyclic) bond motifs is 1. The van der Waals surface area contributed by atoms with Crippen LogP contribution >= 0.6 is 0 Å². The molecular formula is C20H18N2O3S. The quantitative estimate of drug-likeness (QED) is 0.767. The number of rotatable bonds is 4. The molecule has 0 amide bonds. The van der Waals surface area contributed by atoms with Crippen molar-refractivity contribution < 1.29 is 13.3 Å². The molecule has 1 aliphatic heterocycles. The molecule has 0 saturated carbocycles. The predicted octanol–water partition coefficient (Wildman–Crippen LogP) is 3.58. The Kier molecular flexibility index (Phi) is 4.22. The van der Waals surface area contributed by atoms with Gasteiger partial charge in [-0.05, 0) is 35.9 Å². The van der Waals surface area contributed by atoms with E-state index in [1.54, 1.807) is 24.3 Å². The van der Waals surface area contributed by atoms with Gasteiger partial charge in [0.25, 0.3) is 0 Å². The van der Waals surface area contributed by atoms with Gasteiger partial charge in [0.2, 0.25) is 10.0 Å². The van der Waals surface area contributed by atoms with Crippen molar-refractivity contribution in [2.75, 3.05) is 0 Å². The van der Waals surface area contributed by atoms with Gasteiger partial charge in [0.15, 0.2) is 6.23 Å². The Balaban J connectivity index is 1.49. The van der Waals surface area contributed by atoms with Crippen molar-refractivity contribution in [2.45, 2.75) is 24.5 Å². The summed E-state index contributed by atoms with van der Waals surface area (Å²) in [6, 6.07) is 20.8. The third-order valence-corrected chi connectivity index (χ3v) is 5.84. The van der Waals surface area contributed by atoms with Crippen LogP contribution < -0.4 is 4.72 Å². The fourth-order valence-electron chi connectivity index (χ4n) is 2.94. The van der Waals surface area contributed by atoms with Gasteiger partial charge in [0, 0.05) is 12.0 Å². The molecule has 4 rings (SSSR count). The van der Waals surface area contributed by atoms with Gasteiger partial charge in [-0.3, -0.25) is 0 Å². The van der Waals surface area contributed by atoms with Crippen molar-refractivity contribution in [3.05, 3.63) is 77.9 Å². The summed E-state index contributed by atoms with van der Waals surface area (Å²) in [5.41, 5.74) is 2.66. The fraction of sp³-hybridized carbons (Fsp3) is 0.150. The van der Waals surface area contributed by atoms with Crippen molar-refractivity contribution in [2.24, 2.45) is 5.16 Å². The van der Waals surface area contributed by atoms with Crippen molar-refractivity contribution in [3.63, 3.8) is 0 Å². The Morgan fingerprint density at radius 2 is 1.73 bits per heavy atom. The number of sulfonamides is 1. The van der Waals surface area contributed by atoms with E-state index >= 15 is 0 Å². The molecule has 1 atom stereocenters. The Morgan fingerprint density at radius 3 is 2.50 bits per heavy atom. The van der Waals surface area contributed by atoms with Gasteiger partial charge < -0.3 is 4.84 Å². The van der Waals surface area contributed by atoms with Gasteiger partial charge in [0.05, 0.1) is 10.6 Å². The molecule has 0 saturated heterocycles. The first-order valence-electron chi connectivity index (χ1n) is 8.32. The maximum atomic E-state index is 12.5. The average molecular weight is 366 g/mol. The molecule has 0 radical (unpaired) electrons. The number of hydrogen-bond acceptors (Lipinski definition) is 4. The lowest BCUT2D eigenvalue weighted by Crippen LogP contribution is -2.34. The second-order valence-corrected chi connectivity index (χ2v) is 8.05. The first kappa shape index (κ1) is 16.8. The van der Waals surface area contributed by atoms with Gasteiger partial charge in [-0.1, -0.05) is 59.3 Å². The van der Waals surface area contributed by atoms with Gasteiger partial charge in [-0.25, -0.2) is 8.42 Å². The number of oxime groups is 1. The Hall–Kier alpha value is -2.70. The standard InChI is InChI=1S/C20H18N2O3S/c1-14-6-10-18(11-7-14)26(23,24)22-20-13-19(21-25-20)17-9-8-15-4-2-3-5-16(15)12-17/h2-12,20,22H,13H2,1H3. The van der Waals surface area contributed by atoms with Gasteiger partial charge in [-0.15, -0.1) is 0 Å². The average Bonchev–Trinajstić information content (AvgIpc) is 3.09. The van der Waals surface area contributed by atoms with Crippen molar-refractivity contribution in [3.8, 4) is 0 Å². The summed E-state index contributed by atoms with van der Waals surface area (Å²) >= 11 is 0. The highest BCUT2D eigenvalue weighted by Crippen LogP contribution is 2.21. The second kappa shape index (κ2) is 6.55. The molecule has 0 bridgehead atoms. The molecule has 3 aromatic carbocycles. The Bertz CT molecular complexity index is 1090. The highest BCUT2D eigenvalue weighted by Gasteiger charge is 2.27. The maximum absolute atomic E-state index is 12.5. The molecule has 1 heterocycles. The molecular weight excluding hydrogens is 348 g/mol. The summed E-state index contributed by atoms with van der Waals surface area (Å²) in [6.45, 7) is 1.91. The first-order chi connectivity index (χ1) is 12.5. The maximum Gasteiger partial charge on any atom is 0.243 e. The molecule has 1 unspecified atom stereocenters. The molecule has 132 valence electrons. The minimum atomic E-state index is -3.65. The lowest BCUT2D eigenvalue weighted by molar-refractivity contribution is 0.0777.